The monoisotopic (exact) mass is 253 g/mol. The molecule has 0 saturated carbocycles. The van der Waals surface area contributed by atoms with Gasteiger partial charge in [-0.25, -0.2) is 0 Å². The highest BCUT2D eigenvalue weighted by molar-refractivity contribution is 5.91. The van der Waals surface area contributed by atoms with E-state index in [0.717, 1.165) is 0 Å². The second-order valence-corrected chi connectivity index (χ2v) is 3.68. The number of rotatable bonds is 7. The summed E-state index contributed by atoms with van der Waals surface area (Å²) in [5, 5.41) is 10.3. The van der Waals surface area contributed by atoms with Crippen molar-refractivity contribution in [3.8, 4) is 0 Å². The maximum Gasteiger partial charge on any atom is 0.271 e. The first-order chi connectivity index (χ1) is 8.69. The number of aromatic nitrogens is 2. The van der Waals surface area contributed by atoms with Crippen LogP contribution in [0.1, 0.15) is 10.5 Å². The highest BCUT2D eigenvalue weighted by Gasteiger charge is 2.07. The molecule has 0 unspecified atom stereocenters. The zero-order chi connectivity index (χ0) is 13.4. The second kappa shape index (κ2) is 7.57. The summed E-state index contributed by atoms with van der Waals surface area (Å²) in [6.07, 6.45) is 0. The average molecular weight is 253 g/mol. The Morgan fingerprint density at radius 3 is 2.78 bits per heavy atom. The predicted molar refractivity (Wildman–Crippen MR) is 68.6 cm³/mol. The number of hydrogen-bond donors (Lipinski definition) is 2. The van der Waals surface area contributed by atoms with Crippen molar-refractivity contribution in [2.24, 2.45) is 5.73 Å². The summed E-state index contributed by atoms with van der Waals surface area (Å²) in [5.74, 6) is 0.446. The minimum Gasteiger partial charge on any atom is -0.378 e. The van der Waals surface area contributed by atoms with E-state index in [1.54, 1.807) is 19.2 Å². The molecule has 1 rings (SSSR count). The van der Waals surface area contributed by atoms with Crippen LogP contribution in [0.4, 0.5) is 5.82 Å². The van der Waals surface area contributed by atoms with Crippen LogP contribution >= 0.6 is 0 Å². The number of nitrogens with two attached hydrogens (primary N) is 1. The minimum atomic E-state index is -0.247. The number of ether oxygens (including phenoxy) is 1. The highest BCUT2D eigenvalue weighted by atomic mass is 16.5. The number of likely N-dealkylation sites (N-methyl/N-ethyl adjacent to an activating group) is 1. The third-order valence-electron chi connectivity index (χ3n) is 2.33. The number of anilines is 1. The van der Waals surface area contributed by atoms with Gasteiger partial charge in [0, 0.05) is 27.2 Å². The molecule has 0 aliphatic heterocycles. The van der Waals surface area contributed by atoms with Crippen LogP contribution in [0.25, 0.3) is 0 Å². The molecule has 100 valence electrons. The SMILES string of the molecule is CNC(=O)c1ccc(N(C)CCOCCN)nn1. The molecular weight excluding hydrogens is 234 g/mol. The molecule has 0 bridgehead atoms. The summed E-state index contributed by atoms with van der Waals surface area (Å²) in [6, 6.07) is 3.39. The number of carbonyl (C=O) groups is 1. The molecule has 18 heavy (non-hydrogen) atoms. The fraction of sp³-hybridized carbons (Fsp3) is 0.545. The molecule has 7 heteroatoms. The van der Waals surface area contributed by atoms with Crippen molar-refractivity contribution in [1.29, 1.82) is 0 Å². The number of amides is 1. The van der Waals surface area contributed by atoms with Crippen LogP contribution in [0.15, 0.2) is 12.1 Å². The van der Waals surface area contributed by atoms with Crippen molar-refractivity contribution in [3.63, 3.8) is 0 Å². The molecule has 0 spiro atoms. The van der Waals surface area contributed by atoms with Crippen LogP contribution in [-0.2, 0) is 4.74 Å². The molecular formula is C11H19N5O2. The highest BCUT2D eigenvalue weighted by Crippen LogP contribution is 2.06. The van der Waals surface area contributed by atoms with E-state index >= 15 is 0 Å². The summed E-state index contributed by atoms with van der Waals surface area (Å²) in [4.78, 5) is 13.2. The normalized spacial score (nSPS) is 10.2. The first-order valence-electron chi connectivity index (χ1n) is 5.73. The molecule has 0 atom stereocenters. The lowest BCUT2D eigenvalue weighted by molar-refractivity contribution is 0.0957. The quantitative estimate of drug-likeness (QED) is 0.621. The topological polar surface area (TPSA) is 93.4 Å². The van der Waals surface area contributed by atoms with Gasteiger partial charge in [-0.3, -0.25) is 4.79 Å². The van der Waals surface area contributed by atoms with Gasteiger partial charge in [0.25, 0.3) is 5.91 Å². The van der Waals surface area contributed by atoms with Crippen molar-refractivity contribution in [1.82, 2.24) is 15.5 Å². The van der Waals surface area contributed by atoms with Gasteiger partial charge in [-0.2, -0.15) is 0 Å². The maximum absolute atomic E-state index is 11.3. The van der Waals surface area contributed by atoms with Crippen molar-refractivity contribution < 1.29 is 9.53 Å². The third kappa shape index (κ3) is 4.27. The Balaban J connectivity index is 2.48. The molecule has 1 aromatic heterocycles. The number of nitrogens with zero attached hydrogens (tertiary/aromatic N) is 3. The number of hydrogen-bond acceptors (Lipinski definition) is 6. The molecule has 0 aliphatic rings. The van der Waals surface area contributed by atoms with Gasteiger partial charge >= 0.3 is 0 Å². The van der Waals surface area contributed by atoms with Gasteiger partial charge in [0.2, 0.25) is 0 Å². The molecule has 1 amide bonds. The standard InChI is InChI=1S/C11H19N5O2/c1-13-11(17)9-3-4-10(15-14-9)16(2)6-8-18-7-5-12/h3-4H,5-8,12H2,1-2H3,(H,13,17). The Labute approximate surface area is 106 Å². The van der Waals surface area contributed by atoms with Crippen LogP contribution < -0.4 is 16.0 Å². The van der Waals surface area contributed by atoms with Crippen molar-refractivity contribution in [2.75, 3.05) is 45.3 Å². The van der Waals surface area contributed by atoms with Crippen LogP contribution in [0.3, 0.4) is 0 Å². The Morgan fingerprint density at radius 2 is 2.22 bits per heavy atom. The van der Waals surface area contributed by atoms with Crippen LogP contribution in [0.2, 0.25) is 0 Å². The largest absolute Gasteiger partial charge is 0.378 e. The summed E-state index contributed by atoms with van der Waals surface area (Å²) in [7, 11) is 3.44. The molecule has 0 aromatic carbocycles. The average Bonchev–Trinajstić information content (AvgIpc) is 2.42. The summed E-state index contributed by atoms with van der Waals surface area (Å²) in [5.41, 5.74) is 5.62. The molecule has 1 heterocycles. The first-order valence-corrected chi connectivity index (χ1v) is 5.73. The molecule has 7 nitrogen and oxygen atoms in total. The van der Waals surface area contributed by atoms with E-state index in [4.69, 9.17) is 10.5 Å². The molecule has 0 saturated heterocycles. The van der Waals surface area contributed by atoms with E-state index in [-0.39, 0.29) is 5.91 Å². The number of nitrogens with one attached hydrogen (secondary N) is 1. The molecule has 0 aliphatic carbocycles. The molecule has 1 aromatic rings. The Hall–Kier alpha value is -1.73. The van der Waals surface area contributed by atoms with E-state index in [1.165, 1.54) is 0 Å². The van der Waals surface area contributed by atoms with Crippen molar-refractivity contribution in [2.45, 2.75) is 0 Å². The van der Waals surface area contributed by atoms with E-state index in [2.05, 4.69) is 15.5 Å². The number of carbonyl (C=O) groups excluding carboxylic acids is 1. The second-order valence-electron chi connectivity index (χ2n) is 3.68. The fourth-order valence-electron chi connectivity index (χ4n) is 1.28. The Morgan fingerprint density at radius 1 is 1.44 bits per heavy atom. The maximum atomic E-state index is 11.3. The molecule has 0 fully saturated rings. The Kier molecular flexibility index (Phi) is 6.03. The Bertz CT molecular complexity index is 368. The van der Waals surface area contributed by atoms with Crippen LogP contribution in [0.5, 0.6) is 0 Å². The molecule has 0 radical (unpaired) electrons. The fourth-order valence-corrected chi connectivity index (χ4v) is 1.28. The first kappa shape index (κ1) is 14.3. The smallest absolute Gasteiger partial charge is 0.271 e. The van der Waals surface area contributed by atoms with E-state index < -0.39 is 0 Å². The third-order valence-corrected chi connectivity index (χ3v) is 2.33. The van der Waals surface area contributed by atoms with Gasteiger partial charge in [-0.05, 0) is 12.1 Å². The van der Waals surface area contributed by atoms with Crippen molar-refractivity contribution in [3.05, 3.63) is 17.8 Å². The van der Waals surface area contributed by atoms with Gasteiger partial charge in [-0.15, -0.1) is 10.2 Å². The zero-order valence-electron chi connectivity index (χ0n) is 10.7. The lowest BCUT2D eigenvalue weighted by Crippen LogP contribution is -2.25. The lowest BCUT2D eigenvalue weighted by atomic mass is 10.3. The summed E-state index contributed by atoms with van der Waals surface area (Å²) in [6.45, 7) is 2.33. The zero-order valence-corrected chi connectivity index (χ0v) is 10.7. The van der Waals surface area contributed by atoms with Crippen LogP contribution in [0, 0.1) is 0 Å². The summed E-state index contributed by atoms with van der Waals surface area (Å²) < 4.78 is 5.28. The van der Waals surface area contributed by atoms with Crippen LogP contribution in [-0.4, -0.2) is 56.5 Å². The summed E-state index contributed by atoms with van der Waals surface area (Å²) >= 11 is 0. The predicted octanol–water partition coefficient (Wildman–Crippen LogP) is -0.752. The van der Waals surface area contributed by atoms with Gasteiger partial charge in [0.05, 0.1) is 13.2 Å². The lowest BCUT2D eigenvalue weighted by Gasteiger charge is -2.17. The van der Waals surface area contributed by atoms with Gasteiger partial charge in [0.1, 0.15) is 0 Å². The minimum absolute atomic E-state index is 0.247. The van der Waals surface area contributed by atoms with Gasteiger partial charge in [0.15, 0.2) is 11.5 Å². The van der Waals surface area contributed by atoms with E-state index in [1.807, 2.05) is 11.9 Å². The molecule has 3 N–H and O–H groups in total. The van der Waals surface area contributed by atoms with E-state index in [9.17, 15) is 4.79 Å². The van der Waals surface area contributed by atoms with Crippen molar-refractivity contribution >= 4 is 11.7 Å². The van der Waals surface area contributed by atoms with Gasteiger partial charge < -0.3 is 20.7 Å². The van der Waals surface area contributed by atoms with E-state index in [0.29, 0.717) is 37.8 Å². The van der Waals surface area contributed by atoms with Gasteiger partial charge in [-0.1, -0.05) is 0 Å².